The highest BCUT2D eigenvalue weighted by atomic mass is 35.5. The highest BCUT2D eigenvalue weighted by Crippen LogP contribution is 2.28. The van der Waals surface area contributed by atoms with Crippen LogP contribution in [-0.2, 0) is 6.42 Å². The van der Waals surface area contributed by atoms with E-state index in [1.54, 1.807) is 12.1 Å². The first-order chi connectivity index (χ1) is 10.2. The maximum atomic E-state index is 14.0. The molecule has 1 N–H and O–H groups in total. The summed E-state index contributed by atoms with van der Waals surface area (Å²) >= 11 is 6.18. The van der Waals surface area contributed by atoms with Gasteiger partial charge in [0.05, 0.1) is 0 Å². The lowest BCUT2D eigenvalue weighted by Gasteiger charge is -2.19. The highest BCUT2D eigenvalue weighted by Gasteiger charge is 2.23. The maximum absolute atomic E-state index is 14.0. The van der Waals surface area contributed by atoms with Gasteiger partial charge in [-0.15, -0.1) is 0 Å². The molecule has 110 valence electrons. The first kappa shape index (κ1) is 14.6. The van der Waals surface area contributed by atoms with Crippen LogP contribution in [0.25, 0.3) is 0 Å². The van der Waals surface area contributed by atoms with E-state index in [0.29, 0.717) is 23.0 Å². The van der Waals surface area contributed by atoms with Crippen molar-refractivity contribution in [1.82, 2.24) is 5.32 Å². The van der Waals surface area contributed by atoms with E-state index in [9.17, 15) is 4.39 Å². The van der Waals surface area contributed by atoms with Crippen LogP contribution < -0.4 is 5.32 Å². The average molecular weight is 304 g/mol. The summed E-state index contributed by atoms with van der Waals surface area (Å²) in [7, 11) is 0. The molecule has 21 heavy (non-hydrogen) atoms. The first-order valence-corrected chi connectivity index (χ1v) is 7.83. The van der Waals surface area contributed by atoms with E-state index >= 15 is 0 Å². The van der Waals surface area contributed by atoms with Crippen molar-refractivity contribution in [2.75, 3.05) is 6.54 Å². The van der Waals surface area contributed by atoms with E-state index in [0.717, 1.165) is 6.54 Å². The molecular weight excluding hydrogens is 285 g/mol. The Hall–Kier alpha value is -1.38. The molecule has 1 aliphatic rings. The van der Waals surface area contributed by atoms with Crippen LogP contribution in [0.1, 0.15) is 29.9 Å². The minimum absolute atomic E-state index is 0.213. The Labute approximate surface area is 130 Å². The molecule has 0 saturated heterocycles. The molecule has 1 saturated carbocycles. The van der Waals surface area contributed by atoms with Crippen molar-refractivity contribution in [3.8, 4) is 0 Å². The number of nitrogens with one attached hydrogen (secondary N) is 1. The molecular formula is C18H19ClFN. The van der Waals surface area contributed by atoms with Gasteiger partial charge in [0.25, 0.3) is 0 Å². The van der Waals surface area contributed by atoms with Crippen LogP contribution >= 0.6 is 11.6 Å². The second kappa shape index (κ2) is 6.59. The summed E-state index contributed by atoms with van der Waals surface area (Å²) in [6.07, 6.45) is 3.12. The van der Waals surface area contributed by atoms with Gasteiger partial charge in [0, 0.05) is 29.1 Å². The van der Waals surface area contributed by atoms with Gasteiger partial charge in [0.2, 0.25) is 0 Å². The van der Waals surface area contributed by atoms with Gasteiger partial charge in [-0.3, -0.25) is 0 Å². The molecule has 0 aliphatic heterocycles. The number of hydrogen-bond acceptors (Lipinski definition) is 1. The summed E-state index contributed by atoms with van der Waals surface area (Å²) in [5.74, 6) is 0.0241. The van der Waals surface area contributed by atoms with Crippen molar-refractivity contribution < 1.29 is 4.39 Å². The van der Waals surface area contributed by atoms with Crippen molar-refractivity contribution in [1.29, 1.82) is 0 Å². The van der Waals surface area contributed by atoms with E-state index in [2.05, 4.69) is 17.4 Å². The molecule has 1 aliphatic carbocycles. The molecule has 2 aromatic rings. The average Bonchev–Trinajstić information content (AvgIpc) is 3.31. The van der Waals surface area contributed by atoms with Gasteiger partial charge in [0.15, 0.2) is 0 Å². The maximum Gasteiger partial charge on any atom is 0.127 e. The monoisotopic (exact) mass is 303 g/mol. The SMILES string of the molecule is Fc1cccc(Cl)c1CC(CNC1CC1)c1ccccc1. The Kier molecular flexibility index (Phi) is 4.57. The van der Waals surface area contributed by atoms with Crippen LogP contribution in [0.3, 0.4) is 0 Å². The van der Waals surface area contributed by atoms with Crippen LogP contribution in [0.5, 0.6) is 0 Å². The van der Waals surface area contributed by atoms with Gasteiger partial charge in [-0.2, -0.15) is 0 Å². The van der Waals surface area contributed by atoms with Gasteiger partial charge in [-0.25, -0.2) is 4.39 Å². The predicted molar refractivity (Wildman–Crippen MR) is 85.3 cm³/mol. The Morgan fingerprint density at radius 3 is 2.52 bits per heavy atom. The lowest BCUT2D eigenvalue weighted by Crippen LogP contribution is -2.25. The van der Waals surface area contributed by atoms with E-state index in [-0.39, 0.29) is 11.7 Å². The molecule has 3 rings (SSSR count). The quantitative estimate of drug-likeness (QED) is 0.825. The number of halogens is 2. The van der Waals surface area contributed by atoms with E-state index < -0.39 is 0 Å². The molecule has 0 heterocycles. The number of rotatable bonds is 6. The Balaban J connectivity index is 1.81. The van der Waals surface area contributed by atoms with Crippen molar-refractivity contribution in [3.63, 3.8) is 0 Å². The molecule has 2 aromatic carbocycles. The molecule has 0 radical (unpaired) electrons. The Bertz CT molecular complexity index is 575. The summed E-state index contributed by atoms with van der Waals surface area (Å²) < 4.78 is 14.0. The zero-order valence-electron chi connectivity index (χ0n) is 11.9. The molecule has 0 amide bonds. The third-order valence-electron chi connectivity index (χ3n) is 4.01. The zero-order valence-corrected chi connectivity index (χ0v) is 12.6. The third kappa shape index (κ3) is 3.84. The number of hydrogen-bond donors (Lipinski definition) is 1. The summed E-state index contributed by atoms with van der Waals surface area (Å²) in [4.78, 5) is 0. The van der Waals surface area contributed by atoms with Gasteiger partial charge in [-0.1, -0.05) is 48.0 Å². The van der Waals surface area contributed by atoms with Crippen LogP contribution in [0.15, 0.2) is 48.5 Å². The molecule has 1 unspecified atom stereocenters. The summed E-state index contributed by atoms with van der Waals surface area (Å²) in [6, 6.07) is 15.8. The van der Waals surface area contributed by atoms with Crippen molar-refractivity contribution in [3.05, 3.63) is 70.5 Å². The van der Waals surface area contributed by atoms with Gasteiger partial charge in [-0.05, 0) is 37.0 Å². The molecule has 1 atom stereocenters. The Morgan fingerprint density at radius 2 is 1.86 bits per heavy atom. The van der Waals surface area contributed by atoms with Crippen LogP contribution in [0.4, 0.5) is 4.39 Å². The third-order valence-corrected chi connectivity index (χ3v) is 4.37. The standard InChI is InChI=1S/C18H19ClFN/c19-17-7-4-8-18(20)16(17)11-14(12-21-15-9-10-15)13-5-2-1-3-6-13/h1-8,14-15,21H,9-12H2. The second-order valence-electron chi connectivity index (χ2n) is 5.69. The molecule has 1 nitrogen and oxygen atoms in total. The van der Waals surface area contributed by atoms with Crippen LogP contribution in [0, 0.1) is 5.82 Å². The zero-order chi connectivity index (χ0) is 14.7. The molecule has 1 fully saturated rings. The second-order valence-corrected chi connectivity index (χ2v) is 6.10. The minimum Gasteiger partial charge on any atom is -0.313 e. The fourth-order valence-corrected chi connectivity index (χ4v) is 2.84. The van der Waals surface area contributed by atoms with E-state index in [4.69, 9.17) is 11.6 Å². The van der Waals surface area contributed by atoms with Gasteiger partial charge in [0.1, 0.15) is 5.82 Å². The molecule has 0 spiro atoms. The fourth-order valence-electron chi connectivity index (χ4n) is 2.60. The first-order valence-electron chi connectivity index (χ1n) is 7.45. The smallest absolute Gasteiger partial charge is 0.127 e. The lowest BCUT2D eigenvalue weighted by molar-refractivity contribution is 0.552. The fraction of sp³-hybridized carbons (Fsp3) is 0.333. The largest absolute Gasteiger partial charge is 0.313 e. The molecule has 3 heteroatoms. The van der Waals surface area contributed by atoms with Crippen LogP contribution in [-0.4, -0.2) is 12.6 Å². The topological polar surface area (TPSA) is 12.0 Å². The Morgan fingerprint density at radius 1 is 1.10 bits per heavy atom. The normalized spacial score (nSPS) is 15.9. The summed E-state index contributed by atoms with van der Waals surface area (Å²) in [5, 5.41) is 4.06. The minimum atomic E-state index is -0.213. The van der Waals surface area contributed by atoms with E-state index in [1.165, 1.54) is 24.5 Å². The van der Waals surface area contributed by atoms with E-state index in [1.807, 2.05) is 18.2 Å². The predicted octanol–water partition coefficient (Wildman–Crippen LogP) is 4.56. The highest BCUT2D eigenvalue weighted by molar-refractivity contribution is 6.31. The number of benzene rings is 2. The van der Waals surface area contributed by atoms with Crippen molar-refractivity contribution >= 4 is 11.6 Å². The molecule has 0 bridgehead atoms. The summed E-state index contributed by atoms with van der Waals surface area (Å²) in [6.45, 7) is 0.860. The van der Waals surface area contributed by atoms with Crippen molar-refractivity contribution in [2.24, 2.45) is 0 Å². The lowest BCUT2D eigenvalue weighted by atomic mass is 9.91. The van der Waals surface area contributed by atoms with Crippen LogP contribution in [0.2, 0.25) is 5.02 Å². The molecule has 0 aromatic heterocycles. The van der Waals surface area contributed by atoms with Gasteiger partial charge < -0.3 is 5.32 Å². The summed E-state index contributed by atoms with van der Waals surface area (Å²) in [5.41, 5.74) is 1.84. The van der Waals surface area contributed by atoms with Crippen molar-refractivity contribution in [2.45, 2.75) is 31.2 Å². The van der Waals surface area contributed by atoms with Gasteiger partial charge >= 0.3 is 0 Å².